The summed E-state index contributed by atoms with van der Waals surface area (Å²) in [6, 6.07) is 17.1. The lowest BCUT2D eigenvalue weighted by Crippen LogP contribution is -2.22. The maximum absolute atomic E-state index is 6.19. The number of benzene rings is 2. The van der Waals surface area contributed by atoms with E-state index in [2.05, 4.69) is 21.2 Å². The Morgan fingerprint density at radius 2 is 2.00 bits per heavy atom. The Hall–Kier alpha value is -1.82. The highest BCUT2D eigenvalue weighted by atomic mass is 79.9. The van der Waals surface area contributed by atoms with Crippen molar-refractivity contribution in [3.63, 3.8) is 0 Å². The van der Waals surface area contributed by atoms with E-state index in [-0.39, 0.29) is 0 Å². The monoisotopic (exact) mass is 435 g/mol. The molecule has 0 aliphatic rings. The SMILES string of the molecule is S=C(NCc1ccco1)c1cc(Br)ccc1OCc1ccccc1Cl. The largest absolute Gasteiger partial charge is 0.488 e. The van der Waals surface area contributed by atoms with Crippen LogP contribution in [0.4, 0.5) is 0 Å². The summed E-state index contributed by atoms with van der Waals surface area (Å²) in [6.07, 6.45) is 1.64. The number of furan rings is 1. The summed E-state index contributed by atoms with van der Waals surface area (Å²) >= 11 is 15.2. The molecule has 3 nitrogen and oxygen atoms in total. The van der Waals surface area contributed by atoms with Gasteiger partial charge in [0.1, 0.15) is 23.1 Å². The van der Waals surface area contributed by atoms with Gasteiger partial charge in [-0.2, -0.15) is 0 Å². The highest BCUT2D eigenvalue weighted by molar-refractivity contribution is 9.10. The van der Waals surface area contributed by atoms with Crippen molar-refractivity contribution in [1.82, 2.24) is 5.32 Å². The topological polar surface area (TPSA) is 34.4 Å². The molecule has 1 N–H and O–H groups in total. The van der Waals surface area contributed by atoms with Crippen molar-refractivity contribution in [2.75, 3.05) is 0 Å². The van der Waals surface area contributed by atoms with Crippen LogP contribution in [0.15, 0.2) is 69.8 Å². The van der Waals surface area contributed by atoms with Gasteiger partial charge < -0.3 is 14.5 Å². The average molecular weight is 437 g/mol. The molecule has 0 fully saturated rings. The lowest BCUT2D eigenvalue weighted by atomic mass is 10.2. The molecule has 3 aromatic rings. The molecule has 0 unspecified atom stereocenters. The molecular weight excluding hydrogens is 422 g/mol. The summed E-state index contributed by atoms with van der Waals surface area (Å²) in [6.45, 7) is 0.886. The van der Waals surface area contributed by atoms with Crippen LogP contribution in [0.1, 0.15) is 16.9 Å². The second kappa shape index (κ2) is 8.52. The summed E-state index contributed by atoms with van der Waals surface area (Å²) in [5.41, 5.74) is 1.73. The van der Waals surface area contributed by atoms with Crippen LogP contribution in [0.3, 0.4) is 0 Å². The molecule has 0 amide bonds. The summed E-state index contributed by atoms with van der Waals surface area (Å²) in [5, 5.41) is 3.87. The molecule has 2 aromatic carbocycles. The summed E-state index contributed by atoms with van der Waals surface area (Å²) in [5.74, 6) is 1.51. The van der Waals surface area contributed by atoms with Gasteiger partial charge in [-0.15, -0.1) is 0 Å². The summed E-state index contributed by atoms with van der Waals surface area (Å²) < 4.78 is 12.2. The highest BCUT2D eigenvalue weighted by Crippen LogP contribution is 2.26. The van der Waals surface area contributed by atoms with Gasteiger partial charge >= 0.3 is 0 Å². The Morgan fingerprint density at radius 1 is 1.16 bits per heavy atom. The molecular formula is C19H15BrClNO2S. The molecule has 0 atom stereocenters. The number of hydrogen-bond acceptors (Lipinski definition) is 3. The number of halogens is 2. The predicted octanol–water partition coefficient (Wildman–Crippen LogP) is 5.74. The van der Waals surface area contributed by atoms with Crippen molar-refractivity contribution in [3.8, 4) is 5.75 Å². The van der Waals surface area contributed by atoms with Crippen LogP contribution < -0.4 is 10.1 Å². The molecule has 128 valence electrons. The molecule has 0 bridgehead atoms. The maximum atomic E-state index is 6.19. The second-order valence-electron chi connectivity index (χ2n) is 5.28. The van der Waals surface area contributed by atoms with Crippen molar-refractivity contribution in [1.29, 1.82) is 0 Å². The van der Waals surface area contributed by atoms with E-state index >= 15 is 0 Å². The van der Waals surface area contributed by atoms with Crippen LogP contribution in [-0.2, 0) is 13.2 Å². The first kappa shape index (κ1) is 18.0. The number of ether oxygens (including phenoxy) is 1. The number of nitrogens with one attached hydrogen (secondary N) is 1. The van der Waals surface area contributed by atoms with Crippen molar-refractivity contribution >= 4 is 44.7 Å². The Balaban J connectivity index is 1.73. The molecule has 25 heavy (non-hydrogen) atoms. The minimum absolute atomic E-state index is 0.370. The predicted molar refractivity (Wildman–Crippen MR) is 107 cm³/mol. The highest BCUT2D eigenvalue weighted by Gasteiger charge is 2.11. The van der Waals surface area contributed by atoms with Gasteiger partial charge in [0, 0.05) is 15.1 Å². The summed E-state index contributed by atoms with van der Waals surface area (Å²) in [4.78, 5) is 0.590. The molecule has 6 heteroatoms. The zero-order chi connectivity index (χ0) is 17.6. The minimum Gasteiger partial charge on any atom is -0.488 e. The zero-order valence-corrected chi connectivity index (χ0v) is 16.3. The van der Waals surface area contributed by atoms with Crippen LogP contribution in [0, 0.1) is 0 Å². The van der Waals surface area contributed by atoms with Crippen LogP contribution >= 0.6 is 39.7 Å². The Morgan fingerprint density at radius 3 is 2.76 bits per heavy atom. The van der Waals surface area contributed by atoms with E-state index in [1.54, 1.807) is 6.26 Å². The van der Waals surface area contributed by atoms with Crippen molar-refractivity contribution < 1.29 is 9.15 Å². The van der Waals surface area contributed by atoms with Crippen molar-refractivity contribution in [2.24, 2.45) is 0 Å². The smallest absolute Gasteiger partial charge is 0.130 e. The molecule has 0 saturated heterocycles. The normalized spacial score (nSPS) is 10.5. The van der Waals surface area contributed by atoms with Crippen LogP contribution in [0.5, 0.6) is 5.75 Å². The molecule has 0 aliphatic heterocycles. The zero-order valence-electron chi connectivity index (χ0n) is 13.2. The van der Waals surface area contributed by atoms with E-state index in [0.29, 0.717) is 28.9 Å². The van der Waals surface area contributed by atoms with E-state index in [9.17, 15) is 0 Å². The number of thiocarbonyl (C=S) groups is 1. The molecule has 0 aliphatic carbocycles. The first-order valence-corrected chi connectivity index (χ1v) is 9.18. The van der Waals surface area contributed by atoms with Crippen molar-refractivity contribution in [3.05, 3.63) is 87.2 Å². The standard InChI is InChI=1S/C19H15BrClNO2S/c20-14-7-8-18(24-12-13-4-1-2-6-17(13)21)16(10-14)19(25)22-11-15-5-3-9-23-15/h1-10H,11-12H2,(H,22,25). The third-order valence-electron chi connectivity index (χ3n) is 3.53. The third-order valence-corrected chi connectivity index (χ3v) is 4.76. The van der Waals surface area contributed by atoms with Gasteiger partial charge in [-0.05, 0) is 36.4 Å². The Bertz CT molecular complexity index is 868. The molecule has 0 saturated carbocycles. The molecule has 1 aromatic heterocycles. The number of rotatable bonds is 6. The van der Waals surface area contributed by atoms with Crippen LogP contribution in [0.25, 0.3) is 0 Å². The van der Waals surface area contributed by atoms with Crippen LogP contribution in [0.2, 0.25) is 5.02 Å². The quantitative estimate of drug-likeness (QED) is 0.500. The molecule has 3 rings (SSSR count). The lowest BCUT2D eigenvalue weighted by Gasteiger charge is -2.14. The van der Waals surface area contributed by atoms with E-state index in [0.717, 1.165) is 21.4 Å². The van der Waals surface area contributed by atoms with Crippen molar-refractivity contribution in [2.45, 2.75) is 13.2 Å². The average Bonchev–Trinajstić information content (AvgIpc) is 3.13. The fraction of sp³-hybridized carbons (Fsp3) is 0.105. The first-order valence-electron chi connectivity index (χ1n) is 7.60. The first-order chi connectivity index (χ1) is 12.1. The Kier molecular flexibility index (Phi) is 6.13. The second-order valence-corrected chi connectivity index (χ2v) is 7.01. The number of hydrogen-bond donors (Lipinski definition) is 1. The van der Waals surface area contributed by atoms with E-state index in [1.807, 2.05) is 54.6 Å². The van der Waals surface area contributed by atoms with E-state index in [4.69, 9.17) is 33.0 Å². The van der Waals surface area contributed by atoms with Gasteiger partial charge in [0.05, 0.1) is 18.4 Å². The maximum Gasteiger partial charge on any atom is 0.130 e. The van der Waals surface area contributed by atoms with Crippen LogP contribution in [-0.4, -0.2) is 4.99 Å². The lowest BCUT2D eigenvalue weighted by molar-refractivity contribution is 0.305. The molecule has 0 spiro atoms. The Labute approximate surface area is 165 Å². The molecule has 0 radical (unpaired) electrons. The van der Waals surface area contributed by atoms with E-state index in [1.165, 1.54) is 0 Å². The fourth-order valence-corrected chi connectivity index (χ4v) is 3.04. The third kappa shape index (κ3) is 4.84. The minimum atomic E-state index is 0.370. The van der Waals surface area contributed by atoms with E-state index < -0.39 is 0 Å². The fourth-order valence-electron chi connectivity index (χ4n) is 2.25. The van der Waals surface area contributed by atoms with Gasteiger partial charge in [-0.25, -0.2) is 0 Å². The van der Waals surface area contributed by atoms with Gasteiger partial charge in [-0.1, -0.05) is 57.9 Å². The van der Waals surface area contributed by atoms with Gasteiger partial charge in [0.2, 0.25) is 0 Å². The summed E-state index contributed by atoms with van der Waals surface area (Å²) in [7, 11) is 0. The van der Waals surface area contributed by atoms with Gasteiger partial charge in [0.25, 0.3) is 0 Å². The van der Waals surface area contributed by atoms with Gasteiger partial charge in [0.15, 0.2) is 0 Å². The molecule has 1 heterocycles. The van der Waals surface area contributed by atoms with Gasteiger partial charge in [-0.3, -0.25) is 0 Å².